The average Bonchev–Trinajstić information content (AvgIpc) is 3.54. The summed E-state index contributed by atoms with van der Waals surface area (Å²) in [5.74, 6) is 1.03. The van der Waals surface area contributed by atoms with Gasteiger partial charge in [-0.3, -0.25) is 4.79 Å². The molecule has 5 rings (SSSR count). The minimum atomic E-state index is -4.43. The normalized spacial score (nSPS) is 18.9. The minimum Gasteiger partial charge on any atom is -0.376 e. The Hall–Kier alpha value is -3.30. The first-order valence-electron chi connectivity index (χ1n) is 12.1. The number of carbonyl (C=O) groups excluding carboxylic acids is 1. The molecule has 7 nitrogen and oxygen atoms in total. The van der Waals surface area contributed by atoms with Crippen LogP contribution >= 0.6 is 0 Å². The molecule has 2 N–H and O–H groups in total. The number of H-pyrrole nitrogens is 1. The molecule has 35 heavy (non-hydrogen) atoms. The predicted molar refractivity (Wildman–Crippen MR) is 130 cm³/mol. The Morgan fingerprint density at radius 1 is 1.09 bits per heavy atom. The predicted octanol–water partition coefficient (Wildman–Crippen LogP) is 4.86. The Bertz CT molecular complexity index is 1190. The molecule has 1 aromatic carbocycles. The van der Waals surface area contributed by atoms with Gasteiger partial charge in [-0.25, -0.2) is 9.97 Å². The van der Waals surface area contributed by atoms with E-state index in [1.165, 1.54) is 6.07 Å². The van der Waals surface area contributed by atoms with Gasteiger partial charge < -0.3 is 20.1 Å². The van der Waals surface area contributed by atoms with Crippen molar-refractivity contribution in [2.75, 3.05) is 47.8 Å². The second kappa shape index (κ2) is 9.75. The molecule has 1 atom stereocenters. The van der Waals surface area contributed by atoms with E-state index in [0.29, 0.717) is 18.7 Å². The highest BCUT2D eigenvalue weighted by atomic mass is 19.4. The first kappa shape index (κ1) is 23.4. The molecule has 10 heteroatoms. The molecule has 2 aliphatic rings. The van der Waals surface area contributed by atoms with Crippen molar-refractivity contribution in [2.45, 2.75) is 38.3 Å². The number of halogens is 3. The van der Waals surface area contributed by atoms with Crippen molar-refractivity contribution in [3.63, 3.8) is 0 Å². The van der Waals surface area contributed by atoms with Crippen molar-refractivity contribution in [2.24, 2.45) is 5.92 Å². The second-order valence-corrected chi connectivity index (χ2v) is 9.41. The van der Waals surface area contributed by atoms with Gasteiger partial charge in [-0.05, 0) is 55.9 Å². The van der Waals surface area contributed by atoms with Crippen molar-refractivity contribution >= 4 is 34.0 Å². The summed E-state index contributed by atoms with van der Waals surface area (Å²) in [6.07, 6.45) is 3.24. The van der Waals surface area contributed by atoms with E-state index in [9.17, 15) is 18.0 Å². The lowest BCUT2D eigenvalue weighted by Gasteiger charge is -2.33. The van der Waals surface area contributed by atoms with Crippen LogP contribution in [0, 0.1) is 5.92 Å². The molecule has 0 aliphatic carbocycles. The maximum Gasteiger partial charge on any atom is 0.416 e. The number of Topliss-reactive ketones (excluding diaryl/α,β-unsaturated/α-hetero) is 1. The summed E-state index contributed by atoms with van der Waals surface area (Å²) in [5.41, 5.74) is 1.18. The van der Waals surface area contributed by atoms with E-state index in [0.717, 1.165) is 80.0 Å². The highest BCUT2D eigenvalue weighted by molar-refractivity contribution is 5.87. The van der Waals surface area contributed by atoms with Gasteiger partial charge in [-0.1, -0.05) is 0 Å². The van der Waals surface area contributed by atoms with Gasteiger partial charge in [0.2, 0.25) is 0 Å². The maximum absolute atomic E-state index is 13.3. The first-order valence-corrected chi connectivity index (χ1v) is 12.1. The molecule has 0 radical (unpaired) electrons. The van der Waals surface area contributed by atoms with Gasteiger partial charge in [0.1, 0.15) is 17.8 Å². The second-order valence-electron chi connectivity index (χ2n) is 9.41. The summed E-state index contributed by atoms with van der Waals surface area (Å²) in [6.45, 7) is 3.20. The van der Waals surface area contributed by atoms with Gasteiger partial charge in [-0.15, -0.1) is 0 Å². The van der Waals surface area contributed by atoms with E-state index < -0.39 is 11.7 Å². The quantitative estimate of drug-likeness (QED) is 0.497. The molecule has 0 saturated carbocycles. The Labute approximate surface area is 201 Å². The van der Waals surface area contributed by atoms with Crippen molar-refractivity contribution in [1.82, 2.24) is 15.0 Å². The van der Waals surface area contributed by atoms with Crippen LogP contribution in [-0.2, 0) is 11.0 Å². The first-order chi connectivity index (χ1) is 16.9. The molecule has 0 bridgehead atoms. The fraction of sp³-hybridized carbons (Fsp3) is 0.480. The zero-order chi connectivity index (χ0) is 24.4. The number of nitrogens with one attached hydrogen (secondary N) is 2. The lowest BCUT2D eigenvalue weighted by molar-refractivity contribution is -0.137. The standard InChI is InChI=1S/C25H29F3N6O/c26-25(27,28)18-5-6-22(33-9-1-2-10-33)21(13-18)30-14-19(35)12-17-4-3-11-34(15-17)24-20-7-8-29-23(20)31-16-32-24/h5-8,13,16-17,30H,1-4,9-12,14-15H2,(H,29,31,32)/t17-/m0/s1. The summed E-state index contributed by atoms with van der Waals surface area (Å²) in [4.78, 5) is 29.0. The smallest absolute Gasteiger partial charge is 0.376 e. The third kappa shape index (κ3) is 5.21. The van der Waals surface area contributed by atoms with Crippen LogP contribution in [-0.4, -0.2) is 53.5 Å². The zero-order valence-electron chi connectivity index (χ0n) is 19.4. The average molecular weight is 487 g/mol. The van der Waals surface area contributed by atoms with Gasteiger partial charge in [0, 0.05) is 38.8 Å². The number of ketones is 1. The van der Waals surface area contributed by atoms with Crippen LogP contribution in [0.15, 0.2) is 36.8 Å². The Kier molecular flexibility index (Phi) is 6.53. The summed E-state index contributed by atoms with van der Waals surface area (Å²) < 4.78 is 39.9. The van der Waals surface area contributed by atoms with E-state index in [1.807, 2.05) is 12.3 Å². The van der Waals surface area contributed by atoms with Crippen molar-refractivity contribution < 1.29 is 18.0 Å². The number of benzene rings is 1. The molecule has 4 heterocycles. The Balaban J connectivity index is 1.24. The molecule has 0 amide bonds. The van der Waals surface area contributed by atoms with Crippen molar-refractivity contribution in [3.8, 4) is 0 Å². The van der Waals surface area contributed by atoms with Gasteiger partial charge in [0.05, 0.1) is 28.9 Å². The summed E-state index contributed by atoms with van der Waals surface area (Å²) >= 11 is 0. The molecule has 2 aliphatic heterocycles. The third-order valence-corrected chi connectivity index (χ3v) is 6.91. The Morgan fingerprint density at radius 2 is 1.89 bits per heavy atom. The third-order valence-electron chi connectivity index (χ3n) is 6.91. The topological polar surface area (TPSA) is 77.2 Å². The van der Waals surface area contributed by atoms with Gasteiger partial charge in [0.25, 0.3) is 0 Å². The number of hydrogen-bond acceptors (Lipinski definition) is 6. The van der Waals surface area contributed by atoms with Crippen LogP contribution in [0.25, 0.3) is 11.0 Å². The van der Waals surface area contributed by atoms with Crippen LogP contribution < -0.4 is 15.1 Å². The van der Waals surface area contributed by atoms with E-state index in [4.69, 9.17) is 0 Å². The summed E-state index contributed by atoms with van der Waals surface area (Å²) in [6, 6.07) is 5.71. The molecule has 2 fully saturated rings. The summed E-state index contributed by atoms with van der Waals surface area (Å²) in [7, 11) is 0. The lowest BCUT2D eigenvalue weighted by atomic mass is 9.92. The monoisotopic (exact) mass is 486 g/mol. The lowest BCUT2D eigenvalue weighted by Crippen LogP contribution is -2.37. The highest BCUT2D eigenvalue weighted by Gasteiger charge is 2.32. The Morgan fingerprint density at radius 3 is 2.69 bits per heavy atom. The van der Waals surface area contributed by atoms with Crippen LogP contribution in [0.5, 0.6) is 0 Å². The minimum absolute atomic E-state index is 0.00360. The molecular weight excluding hydrogens is 457 g/mol. The fourth-order valence-electron chi connectivity index (χ4n) is 5.21. The number of rotatable bonds is 7. The molecule has 2 aromatic heterocycles. The van der Waals surface area contributed by atoms with Crippen LogP contribution in [0.3, 0.4) is 0 Å². The molecule has 0 spiro atoms. The molecular formula is C25H29F3N6O. The number of hydrogen-bond donors (Lipinski definition) is 2. The van der Waals surface area contributed by atoms with Crippen molar-refractivity contribution in [3.05, 3.63) is 42.4 Å². The SMILES string of the molecule is O=C(CNc1cc(C(F)(F)F)ccc1N1CCCC1)C[C@@H]1CCCN(c2ncnc3[nH]ccc23)C1. The van der Waals surface area contributed by atoms with Gasteiger partial charge >= 0.3 is 6.18 Å². The van der Waals surface area contributed by atoms with E-state index in [-0.39, 0.29) is 18.2 Å². The van der Waals surface area contributed by atoms with E-state index in [1.54, 1.807) is 6.33 Å². The molecule has 0 unspecified atom stereocenters. The summed E-state index contributed by atoms with van der Waals surface area (Å²) in [5, 5.41) is 3.98. The van der Waals surface area contributed by atoms with Crippen LogP contribution in [0.4, 0.5) is 30.4 Å². The number of aromatic amines is 1. The molecule has 186 valence electrons. The van der Waals surface area contributed by atoms with E-state index in [2.05, 4.69) is 30.1 Å². The molecule has 2 saturated heterocycles. The van der Waals surface area contributed by atoms with Gasteiger partial charge in [-0.2, -0.15) is 13.2 Å². The number of fused-ring (bicyclic) bond motifs is 1. The van der Waals surface area contributed by atoms with E-state index >= 15 is 0 Å². The zero-order valence-corrected chi connectivity index (χ0v) is 19.4. The number of carbonyl (C=O) groups is 1. The highest BCUT2D eigenvalue weighted by Crippen LogP contribution is 2.36. The maximum atomic E-state index is 13.3. The van der Waals surface area contributed by atoms with Crippen LogP contribution in [0.1, 0.15) is 37.7 Å². The number of piperidine rings is 1. The number of nitrogens with zero attached hydrogens (tertiary/aromatic N) is 4. The number of alkyl halides is 3. The number of aromatic nitrogens is 3. The van der Waals surface area contributed by atoms with Crippen LogP contribution in [0.2, 0.25) is 0 Å². The van der Waals surface area contributed by atoms with Gasteiger partial charge in [0.15, 0.2) is 5.78 Å². The molecule has 3 aromatic rings. The largest absolute Gasteiger partial charge is 0.416 e. The van der Waals surface area contributed by atoms with Crippen molar-refractivity contribution in [1.29, 1.82) is 0 Å². The number of anilines is 3. The fourth-order valence-corrected chi connectivity index (χ4v) is 5.21.